The number of ether oxygens (including phenoxy) is 1. The van der Waals surface area contributed by atoms with Crippen LogP contribution in [0.5, 0.6) is 5.75 Å². The van der Waals surface area contributed by atoms with Gasteiger partial charge in [0.2, 0.25) is 5.78 Å². The van der Waals surface area contributed by atoms with E-state index in [1.54, 1.807) is 12.1 Å². The molecule has 0 N–H and O–H groups in total. The highest BCUT2D eigenvalue weighted by Crippen LogP contribution is 2.26. The summed E-state index contributed by atoms with van der Waals surface area (Å²) in [5.41, 5.74) is 3.49. The standard InChI is InChI=1S/C22H19NO4/c1-13-10-21(25)27-20-11-15(8-9-16(13)20)26-12-19(24)22-14(2)23(3)18-7-5-4-6-17(18)22/h4-11H,12H2,1-3H3. The molecule has 0 aliphatic carbocycles. The summed E-state index contributed by atoms with van der Waals surface area (Å²) in [6, 6.07) is 14.5. The SMILES string of the molecule is Cc1cc(=O)oc2cc(OCC(=O)c3c(C)n(C)c4ccccc34)ccc12. The van der Waals surface area contributed by atoms with E-state index in [-0.39, 0.29) is 12.4 Å². The second-order valence-corrected chi connectivity index (χ2v) is 6.65. The van der Waals surface area contributed by atoms with Crippen LogP contribution in [0.25, 0.3) is 21.9 Å². The average molecular weight is 361 g/mol. The van der Waals surface area contributed by atoms with Crippen LogP contribution in [-0.2, 0) is 7.05 Å². The van der Waals surface area contributed by atoms with E-state index in [1.165, 1.54) is 6.07 Å². The minimum Gasteiger partial charge on any atom is -0.485 e. The summed E-state index contributed by atoms with van der Waals surface area (Å²) in [6.07, 6.45) is 0. The van der Waals surface area contributed by atoms with E-state index in [2.05, 4.69) is 0 Å². The van der Waals surface area contributed by atoms with E-state index >= 15 is 0 Å². The van der Waals surface area contributed by atoms with Crippen molar-refractivity contribution in [2.75, 3.05) is 6.61 Å². The number of nitrogens with zero attached hydrogens (tertiary/aromatic N) is 1. The Balaban J connectivity index is 1.63. The lowest BCUT2D eigenvalue weighted by molar-refractivity contribution is 0.0922. The van der Waals surface area contributed by atoms with Crippen molar-refractivity contribution in [2.45, 2.75) is 13.8 Å². The lowest BCUT2D eigenvalue weighted by Crippen LogP contribution is -2.13. The summed E-state index contributed by atoms with van der Waals surface area (Å²) in [5.74, 6) is 0.401. The lowest BCUT2D eigenvalue weighted by Gasteiger charge is -2.08. The van der Waals surface area contributed by atoms with Crippen LogP contribution < -0.4 is 10.4 Å². The van der Waals surface area contributed by atoms with Crippen molar-refractivity contribution in [3.63, 3.8) is 0 Å². The van der Waals surface area contributed by atoms with Crippen molar-refractivity contribution in [2.24, 2.45) is 7.05 Å². The number of ketones is 1. The minimum absolute atomic E-state index is 0.0869. The van der Waals surface area contributed by atoms with Gasteiger partial charge in [0.15, 0.2) is 6.61 Å². The van der Waals surface area contributed by atoms with Gasteiger partial charge in [0, 0.05) is 46.7 Å². The van der Waals surface area contributed by atoms with Gasteiger partial charge < -0.3 is 13.7 Å². The van der Waals surface area contributed by atoms with Crippen LogP contribution in [0.2, 0.25) is 0 Å². The van der Waals surface area contributed by atoms with E-state index in [9.17, 15) is 9.59 Å². The average Bonchev–Trinajstić information content (AvgIpc) is 2.90. The zero-order chi connectivity index (χ0) is 19.1. The van der Waals surface area contributed by atoms with Gasteiger partial charge in [0.1, 0.15) is 11.3 Å². The molecule has 0 atom stereocenters. The molecule has 0 radical (unpaired) electrons. The van der Waals surface area contributed by atoms with Gasteiger partial charge in [-0.2, -0.15) is 0 Å². The first-order valence-electron chi connectivity index (χ1n) is 8.70. The Morgan fingerprint density at radius 2 is 1.85 bits per heavy atom. The third-order valence-corrected chi connectivity index (χ3v) is 4.97. The minimum atomic E-state index is -0.403. The third-order valence-electron chi connectivity index (χ3n) is 4.97. The molecule has 2 heterocycles. The van der Waals surface area contributed by atoms with Gasteiger partial charge in [-0.3, -0.25) is 4.79 Å². The van der Waals surface area contributed by atoms with Crippen molar-refractivity contribution in [1.82, 2.24) is 4.57 Å². The Kier molecular flexibility index (Phi) is 4.07. The van der Waals surface area contributed by atoms with Crippen LogP contribution in [0.1, 0.15) is 21.6 Å². The first-order valence-corrected chi connectivity index (χ1v) is 8.70. The predicted molar refractivity (Wildman–Crippen MR) is 105 cm³/mol. The van der Waals surface area contributed by atoms with Gasteiger partial charge in [-0.05, 0) is 37.6 Å². The normalized spacial score (nSPS) is 11.2. The number of aryl methyl sites for hydroxylation is 2. The molecule has 0 saturated heterocycles. The topological polar surface area (TPSA) is 61.4 Å². The van der Waals surface area contributed by atoms with Gasteiger partial charge in [0.05, 0.1) is 0 Å². The fraction of sp³-hybridized carbons (Fsp3) is 0.182. The Morgan fingerprint density at radius 1 is 1.07 bits per heavy atom. The number of rotatable bonds is 4. The summed E-state index contributed by atoms with van der Waals surface area (Å²) >= 11 is 0. The molecule has 0 bridgehead atoms. The fourth-order valence-corrected chi connectivity index (χ4v) is 3.49. The molecule has 0 amide bonds. The second kappa shape index (κ2) is 6.43. The Morgan fingerprint density at radius 3 is 2.67 bits per heavy atom. The molecule has 4 rings (SSSR count). The molecule has 4 aromatic rings. The number of Topliss-reactive ketones (excluding diaryl/α,β-unsaturated/α-hetero) is 1. The van der Waals surface area contributed by atoms with Crippen LogP contribution in [0.15, 0.2) is 57.7 Å². The van der Waals surface area contributed by atoms with E-state index in [1.807, 2.05) is 55.8 Å². The van der Waals surface area contributed by atoms with Crippen LogP contribution in [0, 0.1) is 13.8 Å². The molecule has 0 saturated carbocycles. The Hall–Kier alpha value is -3.34. The zero-order valence-electron chi connectivity index (χ0n) is 15.4. The van der Waals surface area contributed by atoms with E-state index in [4.69, 9.17) is 9.15 Å². The zero-order valence-corrected chi connectivity index (χ0v) is 15.4. The van der Waals surface area contributed by atoms with Crippen molar-refractivity contribution < 1.29 is 13.9 Å². The monoisotopic (exact) mass is 361 g/mol. The molecule has 5 nitrogen and oxygen atoms in total. The highest BCUT2D eigenvalue weighted by Gasteiger charge is 2.18. The highest BCUT2D eigenvalue weighted by atomic mass is 16.5. The van der Waals surface area contributed by atoms with E-state index in [0.29, 0.717) is 16.9 Å². The molecule has 2 aromatic heterocycles. The van der Waals surface area contributed by atoms with Crippen LogP contribution in [-0.4, -0.2) is 17.0 Å². The maximum Gasteiger partial charge on any atom is 0.336 e. The molecule has 2 aromatic carbocycles. The number of hydrogen-bond donors (Lipinski definition) is 0. The molecule has 27 heavy (non-hydrogen) atoms. The van der Waals surface area contributed by atoms with E-state index < -0.39 is 5.63 Å². The molecule has 0 spiro atoms. The smallest absolute Gasteiger partial charge is 0.336 e. The van der Waals surface area contributed by atoms with Gasteiger partial charge >= 0.3 is 5.63 Å². The number of carbonyl (C=O) groups is 1. The van der Waals surface area contributed by atoms with Crippen molar-refractivity contribution >= 4 is 27.7 Å². The van der Waals surface area contributed by atoms with Crippen LogP contribution >= 0.6 is 0 Å². The van der Waals surface area contributed by atoms with Crippen molar-refractivity contribution in [3.05, 3.63) is 75.8 Å². The molecular weight excluding hydrogens is 342 g/mol. The number of carbonyl (C=O) groups excluding carboxylic acids is 1. The predicted octanol–water partition coefficient (Wildman–Crippen LogP) is 4.16. The number of para-hydroxylation sites is 1. The summed E-state index contributed by atoms with van der Waals surface area (Å²) in [4.78, 5) is 24.4. The maximum atomic E-state index is 12.8. The van der Waals surface area contributed by atoms with E-state index in [0.717, 1.165) is 27.5 Å². The quantitative estimate of drug-likeness (QED) is 0.404. The van der Waals surface area contributed by atoms with Crippen molar-refractivity contribution in [3.8, 4) is 5.75 Å². The molecule has 0 aliphatic rings. The number of fused-ring (bicyclic) bond motifs is 2. The van der Waals surface area contributed by atoms with Crippen molar-refractivity contribution in [1.29, 1.82) is 0 Å². The number of hydrogen-bond acceptors (Lipinski definition) is 4. The molecule has 5 heteroatoms. The molecular formula is C22H19NO4. The largest absolute Gasteiger partial charge is 0.485 e. The fourth-order valence-electron chi connectivity index (χ4n) is 3.49. The highest BCUT2D eigenvalue weighted by molar-refractivity contribution is 6.10. The first-order chi connectivity index (χ1) is 13.0. The lowest BCUT2D eigenvalue weighted by atomic mass is 10.1. The first kappa shape index (κ1) is 17.1. The summed E-state index contributed by atoms with van der Waals surface area (Å²) in [6.45, 7) is 3.70. The molecule has 0 aliphatic heterocycles. The summed E-state index contributed by atoms with van der Waals surface area (Å²) < 4.78 is 12.9. The van der Waals surface area contributed by atoms with Crippen LogP contribution in [0.3, 0.4) is 0 Å². The van der Waals surface area contributed by atoms with Gasteiger partial charge in [-0.1, -0.05) is 18.2 Å². The second-order valence-electron chi connectivity index (χ2n) is 6.65. The van der Waals surface area contributed by atoms with Gasteiger partial charge in [-0.25, -0.2) is 4.79 Å². The summed E-state index contributed by atoms with van der Waals surface area (Å²) in [5, 5.41) is 1.77. The molecule has 0 fully saturated rings. The number of aromatic nitrogens is 1. The Labute approximate surface area is 155 Å². The van der Waals surface area contributed by atoms with Gasteiger partial charge in [0.25, 0.3) is 0 Å². The Bertz CT molecular complexity index is 1250. The summed E-state index contributed by atoms with van der Waals surface area (Å²) in [7, 11) is 1.95. The molecule has 136 valence electrons. The maximum absolute atomic E-state index is 12.8. The van der Waals surface area contributed by atoms with Crippen LogP contribution in [0.4, 0.5) is 0 Å². The van der Waals surface area contributed by atoms with Gasteiger partial charge in [-0.15, -0.1) is 0 Å². The number of benzene rings is 2. The molecule has 0 unspecified atom stereocenters. The third kappa shape index (κ3) is 2.91.